The smallest absolute Gasteiger partial charge is 0.267 e. The van der Waals surface area contributed by atoms with Gasteiger partial charge in [-0.3, -0.25) is 14.0 Å². The number of carbonyl (C=O) groups is 1. The van der Waals surface area contributed by atoms with Gasteiger partial charge in [0.05, 0.1) is 29.0 Å². The molecular formula is C27H24N4O3S. The second-order valence-corrected chi connectivity index (χ2v) is 9.71. The number of methoxy groups -OCH3 is 1. The van der Waals surface area contributed by atoms with E-state index in [0.717, 1.165) is 11.1 Å². The summed E-state index contributed by atoms with van der Waals surface area (Å²) in [6.07, 6.45) is 0. The second kappa shape index (κ2) is 9.03. The zero-order valence-electron chi connectivity index (χ0n) is 19.9. The summed E-state index contributed by atoms with van der Waals surface area (Å²) in [5, 5.41) is 9.44. The molecule has 0 aliphatic rings. The molecule has 8 heteroatoms. The summed E-state index contributed by atoms with van der Waals surface area (Å²) in [4.78, 5) is 26.7. The molecule has 2 heterocycles. The number of thioether (sulfide) groups is 1. The number of Topliss-reactive ketones (excluding diaryl/α,β-unsaturated/α-hetero) is 1. The van der Waals surface area contributed by atoms with Crippen LogP contribution in [-0.4, -0.2) is 37.3 Å². The van der Waals surface area contributed by atoms with Crippen molar-refractivity contribution in [1.29, 1.82) is 0 Å². The molecular weight excluding hydrogens is 460 g/mol. The fourth-order valence-corrected chi connectivity index (χ4v) is 4.99. The van der Waals surface area contributed by atoms with Gasteiger partial charge in [-0.25, -0.2) is 4.57 Å². The highest BCUT2D eigenvalue weighted by molar-refractivity contribution is 8.00. The number of carbonyl (C=O) groups excluding carboxylic acids is 1. The van der Waals surface area contributed by atoms with Crippen LogP contribution in [0.15, 0.2) is 76.7 Å². The van der Waals surface area contributed by atoms with E-state index < -0.39 is 5.25 Å². The number of hydrogen-bond donors (Lipinski definition) is 0. The number of ketones is 1. The van der Waals surface area contributed by atoms with Crippen molar-refractivity contribution in [2.75, 3.05) is 7.11 Å². The molecule has 35 heavy (non-hydrogen) atoms. The summed E-state index contributed by atoms with van der Waals surface area (Å²) in [5.74, 6) is 1.09. The molecule has 0 saturated carbocycles. The predicted molar refractivity (Wildman–Crippen MR) is 138 cm³/mol. The van der Waals surface area contributed by atoms with Crippen LogP contribution in [0.4, 0.5) is 0 Å². The molecule has 176 valence electrons. The SMILES string of the molecule is COc1ccc(-n2c(=O)c3ccccc3n3c(SC(C)C(=O)c4ccc(C)c(C)c4)nnc23)cc1. The minimum Gasteiger partial charge on any atom is -0.497 e. The van der Waals surface area contributed by atoms with E-state index in [-0.39, 0.29) is 11.3 Å². The van der Waals surface area contributed by atoms with Crippen LogP contribution in [0.1, 0.15) is 28.4 Å². The van der Waals surface area contributed by atoms with E-state index in [1.165, 1.54) is 16.3 Å². The molecule has 7 nitrogen and oxygen atoms in total. The number of benzene rings is 3. The van der Waals surface area contributed by atoms with Crippen LogP contribution in [0.25, 0.3) is 22.4 Å². The Balaban J connectivity index is 1.63. The lowest BCUT2D eigenvalue weighted by molar-refractivity contribution is 0.0993. The van der Waals surface area contributed by atoms with Crippen molar-refractivity contribution in [1.82, 2.24) is 19.2 Å². The monoisotopic (exact) mass is 484 g/mol. The van der Waals surface area contributed by atoms with Crippen LogP contribution in [0.5, 0.6) is 5.75 Å². The van der Waals surface area contributed by atoms with Gasteiger partial charge in [0.25, 0.3) is 5.56 Å². The summed E-state index contributed by atoms with van der Waals surface area (Å²) < 4.78 is 8.64. The Bertz CT molecular complexity index is 1640. The zero-order chi connectivity index (χ0) is 24.7. The van der Waals surface area contributed by atoms with Gasteiger partial charge >= 0.3 is 0 Å². The third kappa shape index (κ3) is 4.00. The summed E-state index contributed by atoms with van der Waals surface area (Å²) in [6.45, 7) is 5.89. The third-order valence-electron chi connectivity index (χ3n) is 6.17. The molecule has 3 aromatic carbocycles. The van der Waals surface area contributed by atoms with Gasteiger partial charge in [-0.05, 0) is 74.4 Å². The lowest BCUT2D eigenvalue weighted by Gasteiger charge is -2.13. The number of aromatic nitrogens is 4. The molecule has 0 bridgehead atoms. The first-order chi connectivity index (χ1) is 16.9. The molecule has 0 fully saturated rings. The van der Waals surface area contributed by atoms with Gasteiger partial charge in [0.2, 0.25) is 5.78 Å². The van der Waals surface area contributed by atoms with Crippen LogP contribution in [0.2, 0.25) is 0 Å². The van der Waals surface area contributed by atoms with Gasteiger partial charge in [-0.2, -0.15) is 0 Å². The van der Waals surface area contributed by atoms with Crippen molar-refractivity contribution in [3.05, 3.63) is 93.8 Å². The van der Waals surface area contributed by atoms with E-state index >= 15 is 0 Å². The lowest BCUT2D eigenvalue weighted by atomic mass is 10.0. The first-order valence-corrected chi connectivity index (χ1v) is 12.1. The van der Waals surface area contributed by atoms with Gasteiger partial charge in [0.1, 0.15) is 5.75 Å². The van der Waals surface area contributed by atoms with Crippen molar-refractivity contribution in [2.45, 2.75) is 31.2 Å². The van der Waals surface area contributed by atoms with Crippen molar-refractivity contribution < 1.29 is 9.53 Å². The van der Waals surface area contributed by atoms with Crippen LogP contribution in [0, 0.1) is 13.8 Å². The minimum absolute atomic E-state index is 0.0163. The Kier molecular flexibility index (Phi) is 5.90. The van der Waals surface area contributed by atoms with Gasteiger partial charge in [-0.15, -0.1) is 10.2 Å². The van der Waals surface area contributed by atoms with E-state index in [2.05, 4.69) is 10.2 Å². The fraction of sp³-hybridized carbons (Fsp3) is 0.185. The first-order valence-electron chi connectivity index (χ1n) is 11.2. The average Bonchev–Trinajstić information content (AvgIpc) is 3.29. The Hall–Kier alpha value is -3.91. The maximum atomic E-state index is 13.5. The topological polar surface area (TPSA) is 78.5 Å². The highest BCUT2D eigenvalue weighted by atomic mass is 32.2. The van der Waals surface area contributed by atoms with Crippen LogP contribution >= 0.6 is 11.8 Å². The third-order valence-corrected chi connectivity index (χ3v) is 7.21. The number of fused-ring (bicyclic) bond motifs is 3. The number of rotatable bonds is 6. The van der Waals surface area contributed by atoms with E-state index in [1.54, 1.807) is 25.3 Å². The average molecular weight is 485 g/mol. The Morgan fingerprint density at radius 2 is 1.71 bits per heavy atom. The highest BCUT2D eigenvalue weighted by Crippen LogP contribution is 2.28. The van der Waals surface area contributed by atoms with Gasteiger partial charge in [0.15, 0.2) is 10.9 Å². The van der Waals surface area contributed by atoms with Crippen LogP contribution in [-0.2, 0) is 0 Å². The molecule has 1 unspecified atom stereocenters. The highest BCUT2D eigenvalue weighted by Gasteiger charge is 2.23. The Morgan fingerprint density at radius 3 is 2.43 bits per heavy atom. The minimum atomic E-state index is -0.398. The maximum Gasteiger partial charge on any atom is 0.267 e. The van der Waals surface area contributed by atoms with E-state index in [4.69, 9.17) is 4.74 Å². The molecule has 1 atom stereocenters. The van der Waals surface area contributed by atoms with Crippen molar-refractivity contribution in [2.24, 2.45) is 0 Å². The first kappa shape index (κ1) is 22.9. The number of aryl methyl sites for hydroxylation is 2. The van der Waals surface area contributed by atoms with Crippen molar-refractivity contribution in [3.63, 3.8) is 0 Å². The predicted octanol–water partition coefficient (Wildman–Crippen LogP) is 5.02. The molecule has 0 amide bonds. The number of para-hydroxylation sites is 1. The normalized spacial score (nSPS) is 12.2. The van der Waals surface area contributed by atoms with Gasteiger partial charge < -0.3 is 4.74 Å². The fourth-order valence-electron chi connectivity index (χ4n) is 4.06. The summed E-state index contributed by atoms with van der Waals surface area (Å²) in [6, 6.07) is 20.3. The van der Waals surface area contributed by atoms with Gasteiger partial charge in [-0.1, -0.05) is 36.0 Å². The molecule has 0 radical (unpaired) electrons. The number of ether oxygens (including phenoxy) is 1. The molecule has 0 aliphatic carbocycles. The Morgan fingerprint density at radius 1 is 0.971 bits per heavy atom. The zero-order valence-corrected chi connectivity index (χ0v) is 20.7. The van der Waals surface area contributed by atoms with Crippen LogP contribution < -0.4 is 10.3 Å². The van der Waals surface area contributed by atoms with E-state index in [9.17, 15) is 9.59 Å². The summed E-state index contributed by atoms with van der Waals surface area (Å²) in [7, 11) is 1.60. The number of nitrogens with zero attached hydrogens (tertiary/aromatic N) is 4. The lowest BCUT2D eigenvalue weighted by Crippen LogP contribution is -2.22. The molecule has 0 spiro atoms. The van der Waals surface area contributed by atoms with Crippen molar-refractivity contribution >= 4 is 34.2 Å². The summed E-state index contributed by atoms with van der Waals surface area (Å²) >= 11 is 1.33. The van der Waals surface area contributed by atoms with Crippen molar-refractivity contribution in [3.8, 4) is 11.4 Å². The molecule has 0 saturated heterocycles. The standard InChI is InChI=1S/C27H24N4O3S/c1-16-9-10-19(15-17(16)2)24(32)18(3)35-27-29-28-26-30(20-11-13-21(34-4)14-12-20)25(33)22-7-5-6-8-23(22)31(26)27/h5-15,18H,1-4H3. The molecule has 5 rings (SSSR count). The van der Waals surface area contributed by atoms with E-state index in [1.807, 2.05) is 73.7 Å². The summed E-state index contributed by atoms with van der Waals surface area (Å²) in [5.41, 5.74) is 4.04. The molecule has 2 aromatic heterocycles. The molecule has 0 aliphatic heterocycles. The molecule has 5 aromatic rings. The van der Waals surface area contributed by atoms with Crippen LogP contribution in [0.3, 0.4) is 0 Å². The Labute approximate surface area is 206 Å². The maximum absolute atomic E-state index is 13.5. The quantitative estimate of drug-likeness (QED) is 0.249. The largest absolute Gasteiger partial charge is 0.497 e. The van der Waals surface area contributed by atoms with E-state index in [0.29, 0.717) is 38.8 Å². The second-order valence-electron chi connectivity index (χ2n) is 8.40. The van der Waals surface area contributed by atoms with Gasteiger partial charge in [0, 0.05) is 5.56 Å². The molecule has 0 N–H and O–H groups in total. The number of hydrogen-bond acceptors (Lipinski definition) is 6.